The van der Waals surface area contributed by atoms with Gasteiger partial charge >= 0.3 is 6.18 Å². The lowest BCUT2D eigenvalue weighted by atomic mass is 9.98. The van der Waals surface area contributed by atoms with Crippen molar-refractivity contribution in [2.45, 2.75) is 11.1 Å². The zero-order valence-electron chi connectivity index (χ0n) is 20.8. The third kappa shape index (κ3) is 6.09. The predicted octanol–water partition coefficient (Wildman–Crippen LogP) is 5.10. The first kappa shape index (κ1) is 27.6. The first-order chi connectivity index (χ1) is 19.2. The summed E-state index contributed by atoms with van der Waals surface area (Å²) in [7, 11) is 0. The molecule has 1 saturated heterocycles. The summed E-state index contributed by atoms with van der Waals surface area (Å²) in [5.41, 5.74) is 7.47. The molecule has 5 rings (SSSR count). The number of pyridine rings is 1. The maximum atomic E-state index is 14.1. The SMILES string of the molecule is NOOSc1cccc(-c2c(-c3ccc(F)cc3)nc(C(F)(F)F)nc2N2CCN(c3ccc(N)cn3)CC2)c1. The second-order valence-corrected chi connectivity index (χ2v) is 9.57. The summed E-state index contributed by atoms with van der Waals surface area (Å²) < 4.78 is 60.7. The quantitative estimate of drug-likeness (QED) is 0.134. The molecule has 0 bridgehead atoms. The van der Waals surface area contributed by atoms with E-state index in [4.69, 9.17) is 16.0 Å². The lowest BCUT2D eigenvalue weighted by Gasteiger charge is -2.37. The van der Waals surface area contributed by atoms with E-state index < -0.39 is 17.8 Å². The van der Waals surface area contributed by atoms with Gasteiger partial charge in [-0.1, -0.05) is 12.1 Å². The Bertz CT molecular complexity index is 1470. The van der Waals surface area contributed by atoms with E-state index in [2.05, 4.69) is 19.9 Å². The van der Waals surface area contributed by atoms with E-state index in [-0.39, 0.29) is 11.5 Å². The van der Waals surface area contributed by atoms with E-state index in [1.807, 2.05) is 4.90 Å². The van der Waals surface area contributed by atoms with Crippen LogP contribution in [0.2, 0.25) is 0 Å². The van der Waals surface area contributed by atoms with E-state index in [1.165, 1.54) is 24.3 Å². The Morgan fingerprint density at radius 3 is 2.25 bits per heavy atom. The molecule has 0 saturated carbocycles. The molecule has 40 heavy (non-hydrogen) atoms. The average Bonchev–Trinajstić information content (AvgIpc) is 2.96. The van der Waals surface area contributed by atoms with Gasteiger partial charge in [-0.2, -0.15) is 19.1 Å². The molecule has 4 N–H and O–H groups in total. The number of nitrogens with zero attached hydrogens (tertiary/aromatic N) is 5. The van der Waals surface area contributed by atoms with Gasteiger partial charge in [-0.15, -0.1) is 9.32 Å². The van der Waals surface area contributed by atoms with E-state index in [1.54, 1.807) is 47.5 Å². The first-order valence-electron chi connectivity index (χ1n) is 12.0. The van der Waals surface area contributed by atoms with Crippen LogP contribution in [0.4, 0.5) is 34.9 Å². The third-order valence-electron chi connectivity index (χ3n) is 6.23. The maximum Gasteiger partial charge on any atom is 0.451 e. The van der Waals surface area contributed by atoms with Crippen molar-refractivity contribution in [3.63, 3.8) is 0 Å². The Hall–Kier alpha value is -3.98. The molecule has 0 spiro atoms. The highest BCUT2D eigenvalue weighted by Gasteiger charge is 2.38. The molecule has 9 nitrogen and oxygen atoms in total. The molecule has 0 radical (unpaired) electrons. The molecule has 1 aliphatic rings. The summed E-state index contributed by atoms with van der Waals surface area (Å²) >= 11 is 0.827. The fraction of sp³-hybridized carbons (Fsp3) is 0.192. The van der Waals surface area contributed by atoms with Gasteiger partial charge in [-0.25, -0.2) is 19.3 Å². The van der Waals surface area contributed by atoms with Crippen LogP contribution in [0.15, 0.2) is 71.8 Å². The van der Waals surface area contributed by atoms with Crippen molar-refractivity contribution in [2.24, 2.45) is 5.90 Å². The number of anilines is 3. The van der Waals surface area contributed by atoms with Gasteiger partial charge in [-0.3, -0.25) is 0 Å². The maximum absolute atomic E-state index is 14.1. The molecule has 1 fully saturated rings. The van der Waals surface area contributed by atoms with Crippen LogP contribution in [-0.2, 0) is 15.5 Å². The zero-order chi connectivity index (χ0) is 28.3. The van der Waals surface area contributed by atoms with Gasteiger partial charge in [0.1, 0.15) is 17.5 Å². The van der Waals surface area contributed by atoms with Crippen molar-refractivity contribution in [1.29, 1.82) is 0 Å². The summed E-state index contributed by atoms with van der Waals surface area (Å²) in [5, 5.41) is 0. The topological polar surface area (TPSA) is 116 Å². The number of alkyl halides is 3. The Morgan fingerprint density at radius 1 is 0.875 bits per heavy atom. The van der Waals surface area contributed by atoms with E-state index in [0.717, 1.165) is 12.0 Å². The fourth-order valence-corrected chi connectivity index (χ4v) is 4.81. The van der Waals surface area contributed by atoms with Crippen LogP contribution < -0.4 is 21.4 Å². The number of hydrogen-bond donors (Lipinski definition) is 2. The number of hydrogen-bond acceptors (Lipinski definition) is 10. The number of nitrogens with two attached hydrogens (primary N) is 2. The minimum Gasteiger partial charge on any atom is -0.397 e. The van der Waals surface area contributed by atoms with Crippen molar-refractivity contribution in [2.75, 3.05) is 41.7 Å². The monoisotopic (exact) mass is 573 g/mol. The molecule has 4 aromatic rings. The Morgan fingerprint density at radius 2 is 1.60 bits per heavy atom. The lowest BCUT2D eigenvalue weighted by Crippen LogP contribution is -2.47. The fourth-order valence-electron chi connectivity index (χ4n) is 4.38. The summed E-state index contributed by atoms with van der Waals surface area (Å²) in [6.45, 7) is 1.67. The van der Waals surface area contributed by atoms with Crippen LogP contribution in [0.1, 0.15) is 5.82 Å². The normalized spacial score (nSPS) is 14.0. The minimum absolute atomic E-state index is 0.0121. The van der Waals surface area contributed by atoms with Gasteiger partial charge in [0.15, 0.2) is 0 Å². The molecule has 3 heterocycles. The highest BCUT2D eigenvalue weighted by atomic mass is 32.2. The van der Waals surface area contributed by atoms with Crippen LogP contribution in [-0.4, -0.2) is 41.1 Å². The van der Waals surface area contributed by atoms with Gasteiger partial charge in [0.25, 0.3) is 0 Å². The number of aromatic nitrogens is 3. The van der Waals surface area contributed by atoms with Crippen molar-refractivity contribution in [3.8, 4) is 22.4 Å². The first-order valence-corrected chi connectivity index (χ1v) is 12.7. The largest absolute Gasteiger partial charge is 0.451 e. The number of nitrogen functional groups attached to an aromatic ring is 1. The summed E-state index contributed by atoms with van der Waals surface area (Å²) in [6.07, 6.45) is -3.26. The molecule has 0 amide bonds. The van der Waals surface area contributed by atoms with Crippen LogP contribution >= 0.6 is 12.0 Å². The van der Waals surface area contributed by atoms with Crippen LogP contribution in [0, 0.1) is 5.82 Å². The molecule has 208 valence electrons. The van der Waals surface area contributed by atoms with Gasteiger partial charge < -0.3 is 15.5 Å². The predicted molar refractivity (Wildman–Crippen MR) is 143 cm³/mol. The standard InChI is InChI=1S/C26H23F4N7O2S/c27-18-6-4-16(5-7-18)23-22(17-2-1-3-20(14-17)40-39-38-32)24(35-25(34-23)26(28,29)30)37-12-10-36(11-13-37)21-9-8-19(31)15-33-21/h1-9,14-15H,10-13,31-32H2. The third-order valence-corrected chi connectivity index (χ3v) is 6.82. The lowest BCUT2D eigenvalue weighted by molar-refractivity contribution is -0.195. The highest BCUT2D eigenvalue weighted by molar-refractivity contribution is 7.94. The van der Waals surface area contributed by atoms with E-state index >= 15 is 0 Å². The number of halogens is 4. The highest BCUT2D eigenvalue weighted by Crippen LogP contribution is 2.41. The second kappa shape index (κ2) is 11.6. The van der Waals surface area contributed by atoms with Gasteiger partial charge in [-0.05, 0) is 54.1 Å². The van der Waals surface area contributed by atoms with Crippen LogP contribution in [0.25, 0.3) is 22.4 Å². The van der Waals surface area contributed by atoms with Gasteiger partial charge in [0.05, 0.1) is 35.2 Å². The Balaban J connectivity index is 1.62. The molecule has 0 aliphatic carbocycles. The van der Waals surface area contributed by atoms with Crippen LogP contribution in [0.5, 0.6) is 0 Å². The molecule has 2 aromatic heterocycles. The Kier molecular flexibility index (Phi) is 8.02. The molecule has 1 aliphatic heterocycles. The van der Waals surface area contributed by atoms with E-state index in [9.17, 15) is 17.6 Å². The molecule has 2 aromatic carbocycles. The molecular formula is C26H23F4N7O2S. The number of piperazine rings is 1. The van der Waals surface area contributed by atoms with Gasteiger partial charge in [0, 0.05) is 36.6 Å². The Labute approximate surface area is 230 Å². The van der Waals surface area contributed by atoms with Crippen LogP contribution in [0.3, 0.4) is 0 Å². The minimum atomic E-state index is -4.82. The molecular weight excluding hydrogens is 550 g/mol. The van der Waals surface area contributed by atoms with Crippen molar-refractivity contribution in [1.82, 2.24) is 15.0 Å². The molecule has 14 heteroatoms. The number of benzene rings is 2. The average molecular weight is 574 g/mol. The molecule has 0 atom stereocenters. The van der Waals surface area contributed by atoms with Gasteiger partial charge in [0.2, 0.25) is 5.82 Å². The van der Waals surface area contributed by atoms with E-state index in [0.29, 0.717) is 59.3 Å². The molecule has 0 unspecified atom stereocenters. The number of rotatable bonds is 7. The van der Waals surface area contributed by atoms with Crippen molar-refractivity contribution in [3.05, 3.63) is 78.5 Å². The summed E-state index contributed by atoms with van der Waals surface area (Å²) in [6, 6.07) is 15.5. The summed E-state index contributed by atoms with van der Waals surface area (Å²) in [5.74, 6) is 3.95. The smallest absolute Gasteiger partial charge is 0.397 e. The van der Waals surface area contributed by atoms with Crippen molar-refractivity contribution < 1.29 is 26.9 Å². The summed E-state index contributed by atoms with van der Waals surface area (Å²) in [4.78, 5) is 20.9. The zero-order valence-corrected chi connectivity index (χ0v) is 21.6. The second-order valence-electron chi connectivity index (χ2n) is 8.80. The van der Waals surface area contributed by atoms with Crippen molar-refractivity contribution >= 4 is 29.4 Å².